The molecule has 25 heavy (non-hydrogen) atoms. The summed E-state index contributed by atoms with van der Waals surface area (Å²) in [5.74, 6) is 0.199. The number of ether oxygens (including phenoxy) is 1. The molecule has 7 heteroatoms. The number of hydrogen-bond donors (Lipinski definition) is 0. The number of carbonyl (C=O) groups is 1. The van der Waals surface area contributed by atoms with Crippen LogP contribution in [0.1, 0.15) is 64.3 Å². The highest BCUT2D eigenvalue weighted by molar-refractivity contribution is 7.94. The first-order chi connectivity index (χ1) is 11.7. The minimum atomic E-state index is -3.52. The van der Waals surface area contributed by atoms with Gasteiger partial charge in [0.25, 0.3) is 0 Å². The van der Waals surface area contributed by atoms with Crippen molar-refractivity contribution in [3.8, 4) is 0 Å². The van der Waals surface area contributed by atoms with Crippen molar-refractivity contribution < 1.29 is 22.5 Å². The van der Waals surface area contributed by atoms with Gasteiger partial charge >= 0.3 is 0 Å². The van der Waals surface area contributed by atoms with Crippen LogP contribution >= 0.6 is 0 Å². The molecule has 2 aliphatic rings. The van der Waals surface area contributed by atoms with Gasteiger partial charge < -0.3 is 9.26 Å². The third kappa shape index (κ3) is 3.28. The van der Waals surface area contributed by atoms with Gasteiger partial charge in [0.05, 0.1) is 17.4 Å². The van der Waals surface area contributed by atoms with E-state index in [0.29, 0.717) is 44.7 Å². The van der Waals surface area contributed by atoms with Gasteiger partial charge in [0.2, 0.25) is 0 Å². The maximum atomic E-state index is 13.2. The standard InChI is InChI=1S/C18H27NO5S/c1-17(2,3)15-11-13(24-19-15)12-16(20)18(7-4-8-18)25(21,22)14-5-9-23-10-6-14/h11,14H,4-10,12H2,1-3H3. The van der Waals surface area contributed by atoms with E-state index in [1.807, 2.05) is 20.8 Å². The number of Topliss-reactive ketones (excluding diaryl/α,β-unsaturated/α-hetero) is 1. The van der Waals surface area contributed by atoms with Crippen molar-refractivity contribution >= 4 is 15.6 Å². The summed E-state index contributed by atoms with van der Waals surface area (Å²) in [4.78, 5) is 13.0. The third-order valence-corrected chi connectivity index (χ3v) is 8.56. The zero-order chi connectivity index (χ0) is 18.3. The van der Waals surface area contributed by atoms with E-state index in [0.717, 1.165) is 12.1 Å². The van der Waals surface area contributed by atoms with Crippen molar-refractivity contribution in [1.82, 2.24) is 5.16 Å². The van der Waals surface area contributed by atoms with Gasteiger partial charge in [0, 0.05) is 24.7 Å². The predicted octanol–water partition coefficient (Wildman–Crippen LogP) is 2.60. The second-order valence-corrected chi connectivity index (χ2v) is 10.8. The molecule has 0 N–H and O–H groups in total. The van der Waals surface area contributed by atoms with E-state index in [4.69, 9.17) is 9.26 Å². The Balaban J connectivity index is 1.80. The molecule has 6 nitrogen and oxygen atoms in total. The SMILES string of the molecule is CC(C)(C)c1cc(CC(=O)C2(S(=O)(=O)C3CCOCC3)CCC2)on1. The van der Waals surface area contributed by atoms with Gasteiger partial charge in [0.15, 0.2) is 15.6 Å². The fourth-order valence-corrected chi connectivity index (χ4v) is 6.29. The fraction of sp³-hybridized carbons (Fsp3) is 0.778. The molecule has 0 bridgehead atoms. The van der Waals surface area contributed by atoms with Gasteiger partial charge in [-0.05, 0) is 32.1 Å². The highest BCUT2D eigenvalue weighted by Gasteiger charge is 2.56. The molecule has 0 unspecified atom stereocenters. The molecule has 0 aromatic carbocycles. The van der Waals surface area contributed by atoms with Crippen molar-refractivity contribution in [3.05, 3.63) is 17.5 Å². The van der Waals surface area contributed by atoms with Crippen molar-refractivity contribution in [2.45, 2.75) is 74.7 Å². The normalized spacial score (nSPS) is 21.7. The van der Waals surface area contributed by atoms with Gasteiger partial charge in [0.1, 0.15) is 10.5 Å². The summed E-state index contributed by atoms with van der Waals surface area (Å²) >= 11 is 0. The summed E-state index contributed by atoms with van der Waals surface area (Å²) in [6.45, 7) is 6.94. The maximum absolute atomic E-state index is 13.2. The molecule has 1 aliphatic carbocycles. The van der Waals surface area contributed by atoms with Crippen LogP contribution in [0.3, 0.4) is 0 Å². The van der Waals surface area contributed by atoms with Crippen LogP contribution in [-0.4, -0.2) is 42.6 Å². The van der Waals surface area contributed by atoms with Crippen LogP contribution in [0.2, 0.25) is 0 Å². The Labute approximate surface area is 149 Å². The second-order valence-electron chi connectivity index (χ2n) is 8.23. The van der Waals surface area contributed by atoms with Crippen molar-refractivity contribution in [2.75, 3.05) is 13.2 Å². The molecule has 1 aliphatic heterocycles. The lowest BCUT2D eigenvalue weighted by Gasteiger charge is -2.42. The summed E-state index contributed by atoms with van der Waals surface area (Å²) in [6.07, 6.45) is 2.57. The Hall–Kier alpha value is -1.21. The largest absolute Gasteiger partial charge is 0.381 e. The lowest BCUT2D eigenvalue weighted by molar-refractivity contribution is -0.123. The molecule has 0 spiro atoms. The number of hydrogen-bond acceptors (Lipinski definition) is 6. The Morgan fingerprint density at radius 3 is 2.40 bits per heavy atom. The van der Waals surface area contributed by atoms with Crippen LogP contribution in [0.15, 0.2) is 10.6 Å². The molecule has 0 radical (unpaired) electrons. The molecule has 1 saturated heterocycles. The van der Waals surface area contributed by atoms with Gasteiger partial charge in [-0.15, -0.1) is 0 Å². The Bertz CT molecular complexity index is 734. The van der Waals surface area contributed by atoms with Crippen LogP contribution in [0.5, 0.6) is 0 Å². The van der Waals surface area contributed by atoms with Crippen LogP contribution in [-0.2, 0) is 31.2 Å². The Morgan fingerprint density at radius 2 is 1.92 bits per heavy atom. The number of nitrogens with zero attached hydrogens (tertiary/aromatic N) is 1. The van der Waals surface area contributed by atoms with E-state index in [1.54, 1.807) is 6.07 Å². The molecule has 2 heterocycles. The van der Waals surface area contributed by atoms with Gasteiger partial charge in [-0.3, -0.25) is 4.79 Å². The Kier molecular flexibility index (Phi) is 4.83. The molecule has 1 aromatic rings. The average molecular weight is 369 g/mol. The first kappa shape index (κ1) is 18.6. The topological polar surface area (TPSA) is 86.5 Å². The minimum Gasteiger partial charge on any atom is -0.381 e. The first-order valence-corrected chi connectivity index (χ1v) is 10.5. The molecule has 0 amide bonds. The molecule has 3 rings (SSSR count). The number of rotatable bonds is 5. The third-order valence-electron chi connectivity index (χ3n) is 5.48. The van der Waals surface area contributed by atoms with Crippen LogP contribution < -0.4 is 0 Å². The van der Waals surface area contributed by atoms with E-state index in [2.05, 4.69) is 5.16 Å². The molecule has 1 saturated carbocycles. The highest BCUT2D eigenvalue weighted by atomic mass is 32.2. The monoisotopic (exact) mass is 369 g/mol. The highest BCUT2D eigenvalue weighted by Crippen LogP contribution is 2.44. The van der Waals surface area contributed by atoms with Crippen molar-refractivity contribution in [3.63, 3.8) is 0 Å². The summed E-state index contributed by atoms with van der Waals surface area (Å²) in [5, 5.41) is 3.56. The summed E-state index contributed by atoms with van der Waals surface area (Å²) in [7, 11) is -3.52. The fourth-order valence-electron chi connectivity index (χ4n) is 3.59. The molecular weight excluding hydrogens is 342 g/mol. The van der Waals surface area contributed by atoms with Gasteiger partial charge in [-0.1, -0.05) is 25.9 Å². The minimum absolute atomic E-state index is 0.00840. The summed E-state index contributed by atoms with van der Waals surface area (Å²) in [6, 6.07) is 1.77. The van der Waals surface area contributed by atoms with E-state index in [-0.39, 0.29) is 17.6 Å². The lowest BCUT2D eigenvalue weighted by atomic mass is 9.79. The zero-order valence-electron chi connectivity index (χ0n) is 15.2. The van der Waals surface area contributed by atoms with Crippen molar-refractivity contribution in [1.29, 1.82) is 0 Å². The maximum Gasteiger partial charge on any atom is 0.166 e. The first-order valence-electron chi connectivity index (χ1n) is 8.97. The second kappa shape index (κ2) is 6.50. The van der Waals surface area contributed by atoms with Crippen LogP contribution in [0, 0.1) is 0 Å². The van der Waals surface area contributed by atoms with E-state index >= 15 is 0 Å². The average Bonchev–Trinajstić information content (AvgIpc) is 2.95. The number of ketones is 1. The quantitative estimate of drug-likeness (QED) is 0.793. The van der Waals surface area contributed by atoms with E-state index < -0.39 is 19.8 Å². The van der Waals surface area contributed by atoms with Crippen molar-refractivity contribution in [2.24, 2.45) is 0 Å². The molecule has 140 valence electrons. The smallest absolute Gasteiger partial charge is 0.166 e. The van der Waals surface area contributed by atoms with Gasteiger partial charge in [-0.25, -0.2) is 8.42 Å². The summed E-state index contributed by atoms with van der Waals surface area (Å²) in [5.41, 5.74) is 0.595. The number of sulfone groups is 1. The summed E-state index contributed by atoms with van der Waals surface area (Å²) < 4.78 is 35.7. The Morgan fingerprint density at radius 1 is 1.28 bits per heavy atom. The lowest BCUT2D eigenvalue weighted by Crippen LogP contribution is -2.56. The molecule has 1 aromatic heterocycles. The van der Waals surface area contributed by atoms with E-state index in [1.165, 1.54) is 0 Å². The molecule has 0 atom stereocenters. The zero-order valence-corrected chi connectivity index (χ0v) is 16.0. The van der Waals surface area contributed by atoms with Gasteiger partial charge in [-0.2, -0.15) is 0 Å². The van der Waals surface area contributed by atoms with E-state index in [9.17, 15) is 13.2 Å². The molecule has 2 fully saturated rings. The predicted molar refractivity (Wildman–Crippen MR) is 93.3 cm³/mol. The van der Waals surface area contributed by atoms with Crippen LogP contribution in [0.4, 0.5) is 0 Å². The number of carbonyl (C=O) groups excluding carboxylic acids is 1. The molecular formula is C18H27NO5S. The number of aromatic nitrogens is 1. The van der Waals surface area contributed by atoms with Crippen LogP contribution in [0.25, 0.3) is 0 Å².